The van der Waals surface area contributed by atoms with E-state index >= 15 is 0 Å². The maximum absolute atomic E-state index is 13.4. The zero-order valence-electron chi connectivity index (χ0n) is 18.3. The van der Waals surface area contributed by atoms with Crippen LogP contribution in [0.3, 0.4) is 0 Å². The Hall–Kier alpha value is -4.72. The topological polar surface area (TPSA) is 88.0 Å². The van der Waals surface area contributed by atoms with Gasteiger partial charge in [-0.15, -0.1) is 0 Å². The number of carbonyl (C=O) groups excluding carboxylic acids is 2. The number of carbonyl (C=O) groups is 2. The van der Waals surface area contributed by atoms with Gasteiger partial charge in [-0.1, -0.05) is 18.2 Å². The molecule has 170 valence electrons. The largest absolute Gasteiger partial charge is 0.341 e. The summed E-state index contributed by atoms with van der Waals surface area (Å²) >= 11 is 0. The number of hydrogen-bond acceptors (Lipinski definition) is 3. The van der Waals surface area contributed by atoms with E-state index in [1.165, 1.54) is 25.3 Å². The molecule has 0 fully saturated rings. The standard InChI is InChI=1S/C26H22FN5O2/c1-28-26(34)30-22-14-12-21(13-15-22)29-24(33)16-9-19-17-32(23-5-3-2-4-6-23)31-25(19)18-7-10-20(27)11-8-18/h2-17H,1H3,(H,29,33)(H2,28,30,34)/b16-9+. The van der Waals surface area contributed by atoms with Crippen LogP contribution in [0.1, 0.15) is 5.56 Å². The SMILES string of the molecule is CNC(=O)Nc1ccc(NC(=O)/C=C/c2cn(-c3ccccc3)nc2-c2ccc(F)cc2)cc1. The first-order valence-electron chi connectivity index (χ1n) is 10.5. The summed E-state index contributed by atoms with van der Waals surface area (Å²) in [6.45, 7) is 0. The fourth-order valence-corrected chi connectivity index (χ4v) is 3.23. The van der Waals surface area contributed by atoms with Crippen molar-refractivity contribution in [3.63, 3.8) is 0 Å². The van der Waals surface area contributed by atoms with Crippen molar-refractivity contribution < 1.29 is 14.0 Å². The number of nitrogens with zero attached hydrogens (tertiary/aromatic N) is 2. The summed E-state index contributed by atoms with van der Waals surface area (Å²) in [7, 11) is 1.53. The molecule has 0 aliphatic heterocycles. The summed E-state index contributed by atoms with van der Waals surface area (Å²) in [5, 5.41) is 12.6. The van der Waals surface area contributed by atoms with Gasteiger partial charge in [0.1, 0.15) is 5.82 Å². The molecule has 0 unspecified atom stereocenters. The molecule has 3 N–H and O–H groups in total. The van der Waals surface area contributed by atoms with Gasteiger partial charge in [0.15, 0.2) is 0 Å². The first-order valence-corrected chi connectivity index (χ1v) is 10.5. The molecular weight excluding hydrogens is 433 g/mol. The number of anilines is 2. The summed E-state index contributed by atoms with van der Waals surface area (Å²) in [5.41, 5.74) is 4.10. The van der Waals surface area contributed by atoms with E-state index in [1.54, 1.807) is 47.2 Å². The number of halogens is 1. The molecule has 4 rings (SSSR count). The number of para-hydroxylation sites is 1. The zero-order valence-corrected chi connectivity index (χ0v) is 18.3. The molecule has 1 heterocycles. The summed E-state index contributed by atoms with van der Waals surface area (Å²) in [6.07, 6.45) is 4.90. The molecule has 7 nitrogen and oxygen atoms in total. The molecule has 0 saturated carbocycles. The lowest BCUT2D eigenvalue weighted by molar-refractivity contribution is -0.111. The summed E-state index contributed by atoms with van der Waals surface area (Å²) < 4.78 is 15.1. The fourth-order valence-electron chi connectivity index (χ4n) is 3.23. The van der Waals surface area contributed by atoms with Crippen LogP contribution in [0.25, 0.3) is 23.0 Å². The van der Waals surface area contributed by atoms with Crippen LogP contribution in [-0.4, -0.2) is 28.8 Å². The minimum atomic E-state index is -0.334. The van der Waals surface area contributed by atoms with Crippen molar-refractivity contribution in [1.29, 1.82) is 0 Å². The van der Waals surface area contributed by atoms with E-state index in [1.807, 2.05) is 36.5 Å². The van der Waals surface area contributed by atoms with Gasteiger partial charge in [-0.2, -0.15) is 5.10 Å². The van der Waals surface area contributed by atoms with Crippen LogP contribution >= 0.6 is 0 Å². The van der Waals surface area contributed by atoms with E-state index in [2.05, 4.69) is 21.0 Å². The van der Waals surface area contributed by atoms with Crippen molar-refractivity contribution >= 4 is 29.4 Å². The van der Waals surface area contributed by atoms with Gasteiger partial charge in [-0.05, 0) is 66.7 Å². The maximum Gasteiger partial charge on any atom is 0.318 e. The monoisotopic (exact) mass is 455 g/mol. The quantitative estimate of drug-likeness (QED) is 0.354. The Kier molecular flexibility index (Phi) is 6.78. The zero-order chi connectivity index (χ0) is 23.9. The third-order valence-corrected chi connectivity index (χ3v) is 4.93. The number of amides is 3. The second-order valence-corrected chi connectivity index (χ2v) is 7.32. The summed E-state index contributed by atoms with van der Waals surface area (Å²) in [5.74, 6) is -0.663. The number of aromatic nitrogens is 2. The molecule has 0 saturated heterocycles. The van der Waals surface area contributed by atoms with Gasteiger partial charge in [0.25, 0.3) is 0 Å². The highest BCUT2D eigenvalue weighted by atomic mass is 19.1. The second-order valence-electron chi connectivity index (χ2n) is 7.32. The Morgan fingerprint density at radius 3 is 2.18 bits per heavy atom. The van der Waals surface area contributed by atoms with Gasteiger partial charge in [0.05, 0.1) is 11.4 Å². The normalized spacial score (nSPS) is 10.8. The van der Waals surface area contributed by atoms with E-state index in [4.69, 9.17) is 0 Å². The van der Waals surface area contributed by atoms with Crippen LogP contribution in [0.15, 0.2) is 91.1 Å². The highest BCUT2D eigenvalue weighted by molar-refractivity contribution is 6.02. The molecule has 0 atom stereocenters. The Bertz CT molecular complexity index is 1310. The molecule has 34 heavy (non-hydrogen) atoms. The van der Waals surface area contributed by atoms with Crippen molar-refractivity contribution in [2.75, 3.05) is 17.7 Å². The number of nitrogens with one attached hydrogen (secondary N) is 3. The molecule has 3 amide bonds. The maximum atomic E-state index is 13.4. The van der Waals surface area contributed by atoms with Gasteiger partial charge >= 0.3 is 6.03 Å². The van der Waals surface area contributed by atoms with E-state index in [0.717, 1.165) is 11.3 Å². The molecular formula is C26H22FN5O2. The lowest BCUT2D eigenvalue weighted by atomic mass is 10.1. The van der Waals surface area contributed by atoms with Gasteiger partial charge in [-0.3, -0.25) is 4.79 Å². The Labute approximate surface area is 195 Å². The average molecular weight is 455 g/mol. The smallest absolute Gasteiger partial charge is 0.318 e. The number of rotatable bonds is 6. The molecule has 0 spiro atoms. The lowest BCUT2D eigenvalue weighted by Gasteiger charge is -2.06. The van der Waals surface area contributed by atoms with Crippen LogP contribution in [0.2, 0.25) is 0 Å². The van der Waals surface area contributed by atoms with Crippen LogP contribution in [0.4, 0.5) is 20.6 Å². The highest BCUT2D eigenvalue weighted by Crippen LogP contribution is 2.25. The number of urea groups is 1. The summed E-state index contributed by atoms with van der Waals surface area (Å²) in [4.78, 5) is 23.9. The van der Waals surface area contributed by atoms with Gasteiger partial charge < -0.3 is 16.0 Å². The van der Waals surface area contributed by atoms with E-state index in [9.17, 15) is 14.0 Å². The van der Waals surface area contributed by atoms with Crippen LogP contribution < -0.4 is 16.0 Å². The fraction of sp³-hybridized carbons (Fsp3) is 0.0385. The van der Waals surface area contributed by atoms with Crippen LogP contribution in [0, 0.1) is 5.82 Å². The molecule has 8 heteroatoms. The lowest BCUT2D eigenvalue weighted by Crippen LogP contribution is -2.24. The molecule has 0 aliphatic rings. The Morgan fingerprint density at radius 2 is 1.53 bits per heavy atom. The highest BCUT2D eigenvalue weighted by Gasteiger charge is 2.11. The van der Waals surface area contributed by atoms with Crippen molar-refractivity contribution in [1.82, 2.24) is 15.1 Å². The van der Waals surface area contributed by atoms with Crippen molar-refractivity contribution in [3.05, 3.63) is 103 Å². The van der Waals surface area contributed by atoms with E-state index < -0.39 is 0 Å². The van der Waals surface area contributed by atoms with Crippen molar-refractivity contribution in [3.8, 4) is 16.9 Å². The van der Waals surface area contributed by atoms with Gasteiger partial charge in [-0.25, -0.2) is 13.9 Å². The van der Waals surface area contributed by atoms with E-state index in [-0.39, 0.29) is 17.8 Å². The molecule has 0 aliphatic carbocycles. The number of hydrogen-bond donors (Lipinski definition) is 3. The van der Waals surface area contributed by atoms with Gasteiger partial charge in [0, 0.05) is 41.8 Å². The predicted molar refractivity (Wildman–Crippen MR) is 131 cm³/mol. The Balaban J connectivity index is 1.54. The first kappa shape index (κ1) is 22.5. The third kappa shape index (κ3) is 5.55. The Morgan fingerprint density at radius 1 is 0.882 bits per heavy atom. The first-order chi connectivity index (χ1) is 16.5. The summed E-state index contributed by atoms with van der Waals surface area (Å²) in [6, 6.07) is 22.1. The third-order valence-electron chi connectivity index (χ3n) is 4.93. The molecule has 0 bridgehead atoms. The predicted octanol–water partition coefficient (Wildman–Crippen LogP) is 5.08. The van der Waals surface area contributed by atoms with E-state index in [0.29, 0.717) is 22.6 Å². The average Bonchev–Trinajstić information content (AvgIpc) is 3.29. The van der Waals surface area contributed by atoms with Crippen LogP contribution in [-0.2, 0) is 4.79 Å². The number of benzene rings is 3. The van der Waals surface area contributed by atoms with Crippen molar-refractivity contribution in [2.45, 2.75) is 0 Å². The van der Waals surface area contributed by atoms with Crippen LogP contribution in [0.5, 0.6) is 0 Å². The molecule has 3 aromatic carbocycles. The minimum Gasteiger partial charge on any atom is -0.341 e. The minimum absolute atomic E-state index is 0.326. The molecule has 0 radical (unpaired) electrons. The van der Waals surface area contributed by atoms with Gasteiger partial charge in [0.2, 0.25) is 5.91 Å². The molecule has 4 aromatic rings. The van der Waals surface area contributed by atoms with Crippen molar-refractivity contribution in [2.24, 2.45) is 0 Å². The molecule has 1 aromatic heterocycles. The second kappa shape index (κ2) is 10.3.